The predicted octanol–water partition coefficient (Wildman–Crippen LogP) is 3.85. The molecule has 0 aliphatic rings. The molecule has 0 atom stereocenters. The van der Waals surface area contributed by atoms with E-state index >= 15 is 0 Å². The maximum Gasteiger partial charge on any atom is 0.147 e. The first-order chi connectivity index (χ1) is 10.1. The number of nitrogens with zero attached hydrogens (tertiary/aromatic N) is 2. The van der Waals surface area contributed by atoms with Crippen molar-refractivity contribution in [1.82, 2.24) is 10.3 Å². The molecule has 0 aliphatic heterocycles. The second kappa shape index (κ2) is 7.48. The molecule has 2 heterocycles. The SMILES string of the molecule is CCN(Cc1ccco1)c1ncc(CNC(C)C)cc1Cl. The van der Waals surface area contributed by atoms with Gasteiger partial charge in [0.15, 0.2) is 0 Å². The van der Waals surface area contributed by atoms with E-state index in [-0.39, 0.29) is 0 Å². The summed E-state index contributed by atoms with van der Waals surface area (Å²) in [6.45, 7) is 8.57. The number of pyridine rings is 1. The molecule has 0 radical (unpaired) electrons. The zero-order valence-corrected chi connectivity index (χ0v) is 13.5. The Kier molecular flexibility index (Phi) is 5.65. The lowest BCUT2D eigenvalue weighted by Gasteiger charge is -2.22. The maximum absolute atomic E-state index is 6.40. The summed E-state index contributed by atoms with van der Waals surface area (Å²) in [5.74, 6) is 1.70. The van der Waals surface area contributed by atoms with Crippen LogP contribution in [0, 0.1) is 0 Å². The van der Waals surface area contributed by atoms with E-state index in [0.29, 0.717) is 17.6 Å². The minimum absolute atomic E-state index is 0.439. The van der Waals surface area contributed by atoms with Crippen LogP contribution in [0.15, 0.2) is 35.1 Å². The van der Waals surface area contributed by atoms with E-state index in [2.05, 4.69) is 36.0 Å². The maximum atomic E-state index is 6.40. The van der Waals surface area contributed by atoms with E-state index in [1.54, 1.807) is 6.26 Å². The van der Waals surface area contributed by atoms with E-state index in [9.17, 15) is 0 Å². The van der Waals surface area contributed by atoms with E-state index in [1.807, 2.05) is 24.4 Å². The predicted molar refractivity (Wildman–Crippen MR) is 86.7 cm³/mol. The van der Waals surface area contributed by atoms with Gasteiger partial charge in [-0.1, -0.05) is 25.4 Å². The smallest absolute Gasteiger partial charge is 0.147 e. The quantitative estimate of drug-likeness (QED) is 0.843. The van der Waals surface area contributed by atoms with Crippen molar-refractivity contribution >= 4 is 17.4 Å². The van der Waals surface area contributed by atoms with Crippen LogP contribution in [0.2, 0.25) is 5.02 Å². The molecule has 1 N–H and O–H groups in total. The molecule has 0 saturated heterocycles. The highest BCUT2D eigenvalue weighted by atomic mass is 35.5. The van der Waals surface area contributed by atoms with Gasteiger partial charge >= 0.3 is 0 Å². The average molecular weight is 308 g/mol. The lowest BCUT2D eigenvalue weighted by Crippen LogP contribution is -2.24. The first-order valence-corrected chi connectivity index (χ1v) is 7.63. The van der Waals surface area contributed by atoms with Gasteiger partial charge in [-0.25, -0.2) is 4.98 Å². The molecule has 0 spiro atoms. The van der Waals surface area contributed by atoms with Gasteiger partial charge in [0.2, 0.25) is 0 Å². The monoisotopic (exact) mass is 307 g/mol. The van der Waals surface area contributed by atoms with Crippen LogP contribution >= 0.6 is 11.6 Å². The van der Waals surface area contributed by atoms with Crippen LogP contribution in [0.5, 0.6) is 0 Å². The van der Waals surface area contributed by atoms with Gasteiger partial charge in [-0.3, -0.25) is 0 Å². The van der Waals surface area contributed by atoms with Crippen LogP contribution < -0.4 is 10.2 Å². The van der Waals surface area contributed by atoms with Crippen molar-refractivity contribution < 1.29 is 4.42 Å². The van der Waals surface area contributed by atoms with E-state index < -0.39 is 0 Å². The third-order valence-electron chi connectivity index (χ3n) is 3.20. The summed E-state index contributed by atoms with van der Waals surface area (Å²) >= 11 is 6.40. The first kappa shape index (κ1) is 15.9. The highest BCUT2D eigenvalue weighted by molar-refractivity contribution is 6.33. The lowest BCUT2D eigenvalue weighted by molar-refractivity contribution is 0.503. The summed E-state index contributed by atoms with van der Waals surface area (Å²) in [7, 11) is 0. The zero-order chi connectivity index (χ0) is 15.2. The Labute approximate surface area is 131 Å². The minimum Gasteiger partial charge on any atom is -0.467 e. The zero-order valence-electron chi connectivity index (χ0n) is 12.8. The Morgan fingerprint density at radius 1 is 1.43 bits per heavy atom. The van der Waals surface area contributed by atoms with Crippen molar-refractivity contribution in [1.29, 1.82) is 0 Å². The van der Waals surface area contributed by atoms with E-state index in [0.717, 1.165) is 30.2 Å². The molecule has 0 fully saturated rings. The van der Waals surface area contributed by atoms with E-state index in [4.69, 9.17) is 16.0 Å². The number of aromatic nitrogens is 1. The molecular formula is C16H22ClN3O. The number of furan rings is 1. The summed E-state index contributed by atoms with van der Waals surface area (Å²) in [5, 5.41) is 4.03. The molecule has 0 aliphatic carbocycles. The van der Waals surface area contributed by atoms with Crippen LogP contribution in [0.4, 0.5) is 5.82 Å². The molecule has 0 amide bonds. The molecule has 0 saturated carbocycles. The van der Waals surface area contributed by atoms with Crippen LogP contribution in [0.25, 0.3) is 0 Å². The van der Waals surface area contributed by atoms with Gasteiger partial charge in [-0.15, -0.1) is 0 Å². The molecule has 0 bridgehead atoms. The Bertz CT molecular complexity index is 555. The Hall–Kier alpha value is -1.52. The summed E-state index contributed by atoms with van der Waals surface area (Å²) in [4.78, 5) is 6.62. The second-order valence-corrected chi connectivity index (χ2v) is 5.69. The van der Waals surface area contributed by atoms with Crippen molar-refractivity contribution in [2.75, 3.05) is 11.4 Å². The second-order valence-electron chi connectivity index (χ2n) is 5.28. The minimum atomic E-state index is 0.439. The lowest BCUT2D eigenvalue weighted by atomic mass is 10.2. The highest BCUT2D eigenvalue weighted by Gasteiger charge is 2.13. The Balaban J connectivity index is 2.10. The Morgan fingerprint density at radius 3 is 2.81 bits per heavy atom. The molecule has 114 valence electrons. The van der Waals surface area contributed by atoms with Gasteiger partial charge in [0.1, 0.15) is 11.6 Å². The molecule has 2 aromatic rings. The van der Waals surface area contributed by atoms with Crippen LogP contribution in [-0.2, 0) is 13.1 Å². The number of hydrogen-bond donors (Lipinski definition) is 1. The van der Waals surface area contributed by atoms with Gasteiger partial charge < -0.3 is 14.6 Å². The molecule has 0 unspecified atom stereocenters. The van der Waals surface area contributed by atoms with Gasteiger partial charge in [0, 0.05) is 25.3 Å². The highest BCUT2D eigenvalue weighted by Crippen LogP contribution is 2.25. The average Bonchev–Trinajstić information content (AvgIpc) is 2.96. The molecule has 0 aromatic carbocycles. The van der Waals surface area contributed by atoms with Crippen LogP contribution in [0.3, 0.4) is 0 Å². The van der Waals surface area contributed by atoms with E-state index in [1.165, 1.54) is 0 Å². The van der Waals surface area contributed by atoms with Crippen molar-refractivity contribution in [3.63, 3.8) is 0 Å². The topological polar surface area (TPSA) is 41.3 Å². The van der Waals surface area contributed by atoms with Crippen LogP contribution in [-0.4, -0.2) is 17.6 Å². The third kappa shape index (κ3) is 4.48. The van der Waals surface area contributed by atoms with Crippen molar-refractivity contribution in [2.45, 2.75) is 39.9 Å². The van der Waals surface area contributed by atoms with Gasteiger partial charge in [0.05, 0.1) is 17.8 Å². The van der Waals surface area contributed by atoms with Crippen molar-refractivity contribution in [3.05, 3.63) is 47.0 Å². The molecule has 2 aromatic heterocycles. The largest absolute Gasteiger partial charge is 0.467 e. The molecule has 2 rings (SSSR count). The molecule has 21 heavy (non-hydrogen) atoms. The molecular weight excluding hydrogens is 286 g/mol. The van der Waals surface area contributed by atoms with Gasteiger partial charge in [0.25, 0.3) is 0 Å². The van der Waals surface area contributed by atoms with Crippen molar-refractivity contribution in [2.24, 2.45) is 0 Å². The van der Waals surface area contributed by atoms with Crippen LogP contribution in [0.1, 0.15) is 32.1 Å². The summed E-state index contributed by atoms with van der Waals surface area (Å²) in [6, 6.07) is 6.26. The normalized spacial score (nSPS) is 11.1. The van der Waals surface area contributed by atoms with Gasteiger partial charge in [-0.05, 0) is 30.7 Å². The Morgan fingerprint density at radius 2 is 2.24 bits per heavy atom. The third-order valence-corrected chi connectivity index (χ3v) is 3.48. The standard InChI is InChI=1S/C16H22ClN3O/c1-4-20(11-14-6-5-7-21-14)16-15(17)8-13(10-19-16)9-18-12(2)3/h5-8,10,12,18H,4,9,11H2,1-3H3. The summed E-state index contributed by atoms with van der Waals surface area (Å²) in [6.07, 6.45) is 3.56. The molecule has 4 nitrogen and oxygen atoms in total. The molecule has 5 heteroatoms. The van der Waals surface area contributed by atoms with Crippen molar-refractivity contribution in [3.8, 4) is 0 Å². The summed E-state index contributed by atoms with van der Waals surface area (Å²) in [5.41, 5.74) is 1.09. The number of rotatable bonds is 7. The fraction of sp³-hybridized carbons (Fsp3) is 0.438. The van der Waals surface area contributed by atoms with Gasteiger partial charge in [-0.2, -0.15) is 0 Å². The number of anilines is 1. The number of halogens is 1. The fourth-order valence-electron chi connectivity index (χ4n) is 2.05. The number of hydrogen-bond acceptors (Lipinski definition) is 4. The summed E-state index contributed by atoms with van der Waals surface area (Å²) < 4.78 is 5.39. The number of nitrogens with one attached hydrogen (secondary N) is 1. The first-order valence-electron chi connectivity index (χ1n) is 7.25. The fourth-order valence-corrected chi connectivity index (χ4v) is 2.36.